The van der Waals surface area contributed by atoms with Crippen molar-refractivity contribution in [3.8, 4) is 0 Å². The summed E-state index contributed by atoms with van der Waals surface area (Å²) in [6, 6.07) is 5.87. The van der Waals surface area contributed by atoms with Crippen molar-refractivity contribution < 1.29 is 5.11 Å². The number of aliphatic hydroxyl groups is 1. The first-order valence-electron chi connectivity index (χ1n) is 4.23. The Morgan fingerprint density at radius 1 is 1.33 bits per heavy atom. The van der Waals surface area contributed by atoms with Gasteiger partial charge < -0.3 is 5.11 Å². The van der Waals surface area contributed by atoms with Gasteiger partial charge in [0.1, 0.15) is 0 Å². The van der Waals surface area contributed by atoms with E-state index in [2.05, 4.69) is 4.98 Å². The van der Waals surface area contributed by atoms with Crippen molar-refractivity contribution in [2.75, 3.05) is 0 Å². The highest BCUT2D eigenvalue weighted by Crippen LogP contribution is 2.16. The highest BCUT2D eigenvalue weighted by atomic mass is 16.3. The molecular formula is C10H15NO. The molecule has 2 unspecified atom stereocenters. The molecule has 0 aliphatic carbocycles. The third kappa shape index (κ3) is 2.05. The van der Waals surface area contributed by atoms with E-state index < -0.39 is 0 Å². The Bertz CT molecular complexity index is 258. The zero-order valence-electron chi connectivity index (χ0n) is 7.78. The largest absolute Gasteiger partial charge is 0.393 e. The van der Waals surface area contributed by atoms with Crippen molar-refractivity contribution in [3.63, 3.8) is 0 Å². The summed E-state index contributed by atoms with van der Waals surface area (Å²) in [5.74, 6) is 0.116. The van der Waals surface area contributed by atoms with Gasteiger partial charge in [0, 0.05) is 17.3 Å². The molecule has 0 amide bonds. The van der Waals surface area contributed by atoms with E-state index in [-0.39, 0.29) is 12.0 Å². The molecule has 0 aromatic carbocycles. The summed E-state index contributed by atoms with van der Waals surface area (Å²) < 4.78 is 0. The molecule has 0 fully saturated rings. The highest BCUT2D eigenvalue weighted by molar-refractivity contribution is 5.14. The fourth-order valence-corrected chi connectivity index (χ4v) is 1.06. The average molecular weight is 165 g/mol. The molecule has 0 spiro atoms. The number of rotatable bonds is 2. The molecule has 0 radical (unpaired) electrons. The topological polar surface area (TPSA) is 33.1 Å². The lowest BCUT2D eigenvalue weighted by Crippen LogP contribution is -2.12. The van der Waals surface area contributed by atoms with Gasteiger partial charge in [-0.2, -0.15) is 0 Å². The van der Waals surface area contributed by atoms with Crippen molar-refractivity contribution in [3.05, 3.63) is 29.6 Å². The van der Waals surface area contributed by atoms with Gasteiger partial charge in [-0.25, -0.2) is 0 Å². The summed E-state index contributed by atoms with van der Waals surface area (Å²) in [7, 11) is 0. The van der Waals surface area contributed by atoms with Crippen molar-refractivity contribution in [2.24, 2.45) is 0 Å². The second-order valence-corrected chi connectivity index (χ2v) is 3.23. The Hall–Kier alpha value is -0.890. The van der Waals surface area contributed by atoms with Gasteiger partial charge in [0.05, 0.1) is 6.10 Å². The van der Waals surface area contributed by atoms with Gasteiger partial charge in [-0.05, 0) is 26.0 Å². The minimum atomic E-state index is -0.334. The maximum absolute atomic E-state index is 9.33. The van der Waals surface area contributed by atoms with E-state index >= 15 is 0 Å². The lowest BCUT2D eigenvalue weighted by Gasteiger charge is -2.13. The van der Waals surface area contributed by atoms with Crippen LogP contribution in [0.1, 0.15) is 31.2 Å². The average Bonchev–Trinajstić information content (AvgIpc) is 2.03. The molecule has 0 bridgehead atoms. The van der Waals surface area contributed by atoms with Crippen LogP contribution in [-0.4, -0.2) is 16.2 Å². The zero-order chi connectivity index (χ0) is 9.14. The van der Waals surface area contributed by atoms with Gasteiger partial charge in [-0.15, -0.1) is 0 Å². The molecule has 1 rings (SSSR count). The van der Waals surface area contributed by atoms with E-state index in [1.54, 1.807) is 6.92 Å². The summed E-state index contributed by atoms with van der Waals surface area (Å²) in [6.07, 6.45) is -0.334. The SMILES string of the molecule is Cc1cccc(C(C)C(C)O)n1. The first-order valence-corrected chi connectivity index (χ1v) is 4.23. The maximum atomic E-state index is 9.33. The van der Waals surface area contributed by atoms with Crippen LogP contribution in [0.4, 0.5) is 0 Å². The smallest absolute Gasteiger partial charge is 0.0593 e. The lowest BCUT2D eigenvalue weighted by atomic mass is 10.0. The van der Waals surface area contributed by atoms with Crippen molar-refractivity contribution in [1.29, 1.82) is 0 Å². The number of aryl methyl sites for hydroxylation is 1. The molecule has 1 heterocycles. The predicted molar refractivity (Wildman–Crippen MR) is 49.1 cm³/mol. The number of hydrogen-bond acceptors (Lipinski definition) is 2. The van der Waals surface area contributed by atoms with Crippen molar-refractivity contribution in [2.45, 2.75) is 32.8 Å². The van der Waals surface area contributed by atoms with Gasteiger partial charge in [-0.3, -0.25) is 4.98 Å². The fraction of sp³-hybridized carbons (Fsp3) is 0.500. The molecule has 12 heavy (non-hydrogen) atoms. The first kappa shape index (κ1) is 9.20. The first-order chi connectivity index (χ1) is 5.61. The van der Waals surface area contributed by atoms with E-state index in [9.17, 15) is 5.11 Å². The predicted octanol–water partition coefficient (Wildman–Crippen LogP) is 1.87. The number of nitrogens with zero attached hydrogens (tertiary/aromatic N) is 1. The van der Waals surface area contributed by atoms with Crippen LogP contribution in [0.25, 0.3) is 0 Å². The van der Waals surface area contributed by atoms with Crippen LogP contribution in [0.3, 0.4) is 0 Å². The molecule has 0 saturated carbocycles. The molecule has 66 valence electrons. The number of aromatic nitrogens is 1. The van der Waals surface area contributed by atoms with Crippen LogP contribution in [0.2, 0.25) is 0 Å². The minimum absolute atomic E-state index is 0.116. The molecule has 1 aromatic heterocycles. The zero-order valence-corrected chi connectivity index (χ0v) is 7.78. The third-order valence-electron chi connectivity index (χ3n) is 2.10. The van der Waals surface area contributed by atoms with Crippen LogP contribution in [0.5, 0.6) is 0 Å². The third-order valence-corrected chi connectivity index (χ3v) is 2.10. The van der Waals surface area contributed by atoms with Gasteiger partial charge in [0.15, 0.2) is 0 Å². The second kappa shape index (κ2) is 3.68. The van der Waals surface area contributed by atoms with E-state index in [4.69, 9.17) is 0 Å². The normalized spacial score (nSPS) is 15.7. The number of aliphatic hydroxyl groups excluding tert-OH is 1. The highest BCUT2D eigenvalue weighted by Gasteiger charge is 2.11. The summed E-state index contributed by atoms with van der Waals surface area (Å²) in [5, 5.41) is 9.33. The number of pyridine rings is 1. The van der Waals surface area contributed by atoms with E-state index in [0.29, 0.717) is 0 Å². The molecule has 2 atom stereocenters. The molecule has 0 aliphatic rings. The minimum Gasteiger partial charge on any atom is -0.393 e. The summed E-state index contributed by atoms with van der Waals surface area (Å²) >= 11 is 0. The molecular weight excluding hydrogens is 150 g/mol. The Kier molecular flexibility index (Phi) is 2.82. The van der Waals surface area contributed by atoms with E-state index in [1.807, 2.05) is 32.0 Å². The standard InChI is InChI=1S/C10H15NO/c1-7-5-4-6-10(11-7)8(2)9(3)12/h4-6,8-9,12H,1-3H3. The molecule has 2 nitrogen and oxygen atoms in total. The van der Waals surface area contributed by atoms with Crippen LogP contribution < -0.4 is 0 Å². The summed E-state index contributed by atoms with van der Waals surface area (Å²) in [4.78, 5) is 4.33. The molecule has 1 aromatic rings. The Morgan fingerprint density at radius 3 is 2.50 bits per heavy atom. The summed E-state index contributed by atoms with van der Waals surface area (Å²) in [6.45, 7) is 5.72. The van der Waals surface area contributed by atoms with E-state index in [1.165, 1.54) is 0 Å². The van der Waals surface area contributed by atoms with Gasteiger partial charge in [-0.1, -0.05) is 13.0 Å². The van der Waals surface area contributed by atoms with Gasteiger partial charge in [0.25, 0.3) is 0 Å². The quantitative estimate of drug-likeness (QED) is 0.725. The van der Waals surface area contributed by atoms with Crippen LogP contribution in [-0.2, 0) is 0 Å². The number of hydrogen-bond donors (Lipinski definition) is 1. The second-order valence-electron chi connectivity index (χ2n) is 3.23. The van der Waals surface area contributed by atoms with Crippen LogP contribution in [0, 0.1) is 6.92 Å². The molecule has 2 heteroatoms. The van der Waals surface area contributed by atoms with Crippen molar-refractivity contribution >= 4 is 0 Å². The van der Waals surface area contributed by atoms with E-state index in [0.717, 1.165) is 11.4 Å². The monoisotopic (exact) mass is 165 g/mol. The van der Waals surface area contributed by atoms with Gasteiger partial charge in [0.2, 0.25) is 0 Å². The fourth-order valence-electron chi connectivity index (χ4n) is 1.06. The van der Waals surface area contributed by atoms with Crippen molar-refractivity contribution in [1.82, 2.24) is 4.98 Å². The Balaban J connectivity index is 2.88. The summed E-state index contributed by atoms with van der Waals surface area (Å²) in [5.41, 5.74) is 1.96. The molecule has 1 N–H and O–H groups in total. The van der Waals surface area contributed by atoms with Crippen LogP contribution >= 0.6 is 0 Å². The molecule has 0 saturated heterocycles. The lowest BCUT2D eigenvalue weighted by molar-refractivity contribution is 0.167. The molecule has 0 aliphatic heterocycles. The Labute approximate surface area is 73.3 Å². The van der Waals surface area contributed by atoms with Crippen LogP contribution in [0.15, 0.2) is 18.2 Å². The van der Waals surface area contributed by atoms with Gasteiger partial charge >= 0.3 is 0 Å². The Morgan fingerprint density at radius 2 is 2.00 bits per heavy atom. The maximum Gasteiger partial charge on any atom is 0.0593 e.